The van der Waals surface area contributed by atoms with E-state index < -0.39 is 24.6 Å². The van der Waals surface area contributed by atoms with Crippen molar-refractivity contribution in [2.45, 2.75) is 38.5 Å². The van der Waals surface area contributed by atoms with Crippen molar-refractivity contribution in [3.63, 3.8) is 0 Å². The van der Waals surface area contributed by atoms with Crippen LogP contribution < -0.4 is 5.32 Å². The van der Waals surface area contributed by atoms with Gasteiger partial charge in [0.25, 0.3) is 0 Å². The van der Waals surface area contributed by atoms with Gasteiger partial charge in [-0.1, -0.05) is 13.0 Å². The normalized spacial score (nSPS) is 18.1. The number of hydrogen-bond donors (Lipinski definition) is 2. The van der Waals surface area contributed by atoms with Crippen LogP contribution in [0.5, 0.6) is 0 Å². The number of anilines is 1. The van der Waals surface area contributed by atoms with E-state index in [4.69, 9.17) is 4.74 Å². The predicted molar refractivity (Wildman–Crippen MR) is 126 cm³/mol. The molecule has 1 aliphatic heterocycles. The number of carbonyl (C=O) groups is 1. The molecule has 1 aromatic heterocycles. The SMILES string of the molecule is COCC(CN1CCC(Nc2cccc3c2cc(I)n3CC(F)(F)F)CC1)[C@H](C)C(=O)O. The summed E-state index contributed by atoms with van der Waals surface area (Å²) in [6.45, 7) is 3.43. The topological polar surface area (TPSA) is 66.7 Å². The standard InChI is InChI=1S/C22H29F3IN3O3/c1-14(21(30)31)15(12-32-2)11-28-8-6-16(7-9-28)27-18-4-3-5-19-17(18)10-20(26)29(19)13-22(23,24)25/h3-5,10,14-16,27H,6-9,11-13H2,1-2H3,(H,30,31)/t14-,15?/m0/s1. The van der Waals surface area contributed by atoms with Crippen LogP contribution in [0, 0.1) is 15.5 Å². The maximum absolute atomic E-state index is 13.0. The molecule has 1 fully saturated rings. The number of aromatic nitrogens is 1. The van der Waals surface area contributed by atoms with Gasteiger partial charge in [0, 0.05) is 49.8 Å². The molecule has 1 aromatic carbocycles. The molecule has 6 nitrogen and oxygen atoms in total. The molecule has 1 unspecified atom stereocenters. The summed E-state index contributed by atoms with van der Waals surface area (Å²) < 4.78 is 46.0. The lowest BCUT2D eigenvalue weighted by molar-refractivity contribution is -0.144. The number of alkyl halides is 3. The van der Waals surface area contributed by atoms with Crippen molar-refractivity contribution in [1.82, 2.24) is 9.47 Å². The van der Waals surface area contributed by atoms with Crippen molar-refractivity contribution in [1.29, 1.82) is 0 Å². The van der Waals surface area contributed by atoms with Crippen LogP contribution in [0.3, 0.4) is 0 Å². The molecule has 0 saturated carbocycles. The van der Waals surface area contributed by atoms with Crippen LogP contribution in [0.2, 0.25) is 0 Å². The summed E-state index contributed by atoms with van der Waals surface area (Å²) in [4.78, 5) is 13.6. The Morgan fingerprint density at radius 3 is 2.62 bits per heavy atom. The Balaban J connectivity index is 1.64. The third kappa shape index (κ3) is 6.28. The number of carboxylic acids is 1. The Labute approximate surface area is 199 Å². The third-order valence-corrected chi connectivity index (χ3v) is 7.04. The van der Waals surface area contributed by atoms with Crippen LogP contribution in [0.25, 0.3) is 10.9 Å². The largest absolute Gasteiger partial charge is 0.481 e. The molecule has 2 atom stereocenters. The molecule has 2 heterocycles. The number of fused-ring (bicyclic) bond motifs is 1. The minimum atomic E-state index is -4.28. The minimum Gasteiger partial charge on any atom is -0.481 e. The minimum absolute atomic E-state index is 0.0776. The number of benzene rings is 1. The lowest BCUT2D eigenvalue weighted by atomic mass is 9.93. The fourth-order valence-corrected chi connectivity index (χ4v) is 5.04. The Bertz CT molecular complexity index is 926. The van der Waals surface area contributed by atoms with Gasteiger partial charge in [0.1, 0.15) is 6.54 Å². The van der Waals surface area contributed by atoms with E-state index >= 15 is 0 Å². The second-order valence-corrected chi connectivity index (χ2v) is 9.57. The second kappa shape index (κ2) is 10.6. The number of carboxylic acid groups (broad SMARTS) is 1. The predicted octanol–water partition coefficient (Wildman–Crippen LogP) is 4.67. The number of piperidine rings is 1. The first-order chi connectivity index (χ1) is 15.1. The van der Waals surface area contributed by atoms with E-state index in [1.54, 1.807) is 32.2 Å². The van der Waals surface area contributed by atoms with E-state index in [0.717, 1.165) is 37.0 Å². The van der Waals surface area contributed by atoms with Gasteiger partial charge in [0.15, 0.2) is 0 Å². The maximum atomic E-state index is 13.0. The number of ether oxygens (including phenoxy) is 1. The molecule has 0 radical (unpaired) electrons. The monoisotopic (exact) mass is 567 g/mol. The van der Waals surface area contributed by atoms with Crippen LogP contribution in [0.4, 0.5) is 18.9 Å². The molecule has 1 aliphatic rings. The van der Waals surface area contributed by atoms with Crippen LogP contribution in [-0.2, 0) is 16.1 Å². The van der Waals surface area contributed by atoms with Crippen LogP contribution in [0.15, 0.2) is 24.3 Å². The first kappa shape index (κ1) is 25.1. The molecule has 0 bridgehead atoms. The van der Waals surface area contributed by atoms with Crippen molar-refractivity contribution < 1.29 is 27.8 Å². The average Bonchev–Trinajstić information content (AvgIpc) is 3.03. The van der Waals surface area contributed by atoms with E-state index in [-0.39, 0.29) is 12.0 Å². The molecule has 10 heteroatoms. The zero-order valence-corrected chi connectivity index (χ0v) is 20.3. The fourth-order valence-electron chi connectivity index (χ4n) is 4.30. The van der Waals surface area contributed by atoms with Crippen LogP contribution in [-0.4, -0.2) is 66.1 Å². The number of halogens is 4. The smallest absolute Gasteiger partial charge is 0.406 e. The van der Waals surface area contributed by atoms with Crippen LogP contribution >= 0.6 is 22.6 Å². The summed E-state index contributed by atoms with van der Waals surface area (Å²) >= 11 is 1.95. The number of rotatable bonds is 9. The van der Waals surface area contributed by atoms with Crippen molar-refractivity contribution >= 4 is 45.2 Å². The zero-order valence-electron chi connectivity index (χ0n) is 18.2. The summed E-state index contributed by atoms with van der Waals surface area (Å²) in [7, 11) is 1.58. The Morgan fingerprint density at radius 1 is 1.34 bits per heavy atom. The van der Waals surface area contributed by atoms with E-state index in [0.29, 0.717) is 22.4 Å². The first-order valence-corrected chi connectivity index (χ1v) is 11.7. The quantitative estimate of drug-likeness (QED) is 0.432. The molecule has 3 rings (SSSR count). The second-order valence-electron chi connectivity index (χ2n) is 8.47. The highest BCUT2D eigenvalue weighted by atomic mass is 127. The van der Waals surface area contributed by atoms with Gasteiger partial charge in [0.05, 0.1) is 21.7 Å². The fraction of sp³-hybridized carbons (Fsp3) is 0.591. The number of methoxy groups -OCH3 is 1. The summed E-state index contributed by atoms with van der Waals surface area (Å²) in [6.07, 6.45) is -2.53. The lowest BCUT2D eigenvalue weighted by Gasteiger charge is -2.35. The molecule has 2 aromatic rings. The van der Waals surface area contributed by atoms with Crippen LogP contribution in [0.1, 0.15) is 19.8 Å². The van der Waals surface area contributed by atoms with Gasteiger partial charge in [0.2, 0.25) is 0 Å². The number of aliphatic carboxylic acids is 1. The van der Waals surface area contributed by atoms with Gasteiger partial charge in [-0.3, -0.25) is 4.79 Å². The molecule has 0 spiro atoms. The summed E-state index contributed by atoms with van der Waals surface area (Å²) in [6, 6.07) is 7.41. The van der Waals surface area contributed by atoms with E-state index in [9.17, 15) is 23.1 Å². The molecule has 0 aliphatic carbocycles. The number of nitrogens with one attached hydrogen (secondary N) is 1. The molecule has 178 valence electrons. The molecule has 0 amide bonds. The molecular weight excluding hydrogens is 538 g/mol. The highest BCUT2D eigenvalue weighted by Crippen LogP contribution is 2.32. The Kier molecular flexibility index (Phi) is 8.31. The molecule has 2 N–H and O–H groups in total. The van der Waals surface area contributed by atoms with Crippen molar-refractivity contribution in [3.8, 4) is 0 Å². The number of nitrogens with zero attached hydrogens (tertiary/aromatic N) is 2. The third-order valence-electron chi connectivity index (χ3n) is 6.15. The van der Waals surface area contributed by atoms with Gasteiger partial charge in [-0.15, -0.1) is 0 Å². The van der Waals surface area contributed by atoms with Crippen molar-refractivity contribution in [2.75, 3.05) is 38.7 Å². The highest BCUT2D eigenvalue weighted by molar-refractivity contribution is 14.1. The maximum Gasteiger partial charge on any atom is 0.406 e. The van der Waals surface area contributed by atoms with E-state index in [1.165, 1.54) is 4.57 Å². The van der Waals surface area contributed by atoms with Crippen molar-refractivity contribution in [2.24, 2.45) is 11.8 Å². The van der Waals surface area contributed by atoms with E-state index in [1.807, 2.05) is 28.7 Å². The van der Waals surface area contributed by atoms with Gasteiger partial charge in [-0.2, -0.15) is 13.2 Å². The number of likely N-dealkylation sites (tertiary alicyclic amines) is 1. The summed E-state index contributed by atoms with van der Waals surface area (Å²) in [5.41, 5.74) is 1.41. The zero-order chi connectivity index (χ0) is 23.5. The number of hydrogen-bond acceptors (Lipinski definition) is 4. The average molecular weight is 567 g/mol. The van der Waals surface area contributed by atoms with Crippen molar-refractivity contribution in [3.05, 3.63) is 28.0 Å². The van der Waals surface area contributed by atoms with Gasteiger partial charge in [-0.25, -0.2) is 0 Å². The lowest BCUT2D eigenvalue weighted by Crippen LogP contribution is -2.43. The summed E-state index contributed by atoms with van der Waals surface area (Å²) in [5.74, 6) is -1.37. The molecule has 32 heavy (non-hydrogen) atoms. The first-order valence-electron chi connectivity index (χ1n) is 10.6. The molecular formula is C22H29F3IN3O3. The Hall–Kier alpha value is -1.53. The van der Waals surface area contributed by atoms with E-state index in [2.05, 4.69) is 10.2 Å². The highest BCUT2D eigenvalue weighted by Gasteiger charge is 2.30. The summed E-state index contributed by atoms with van der Waals surface area (Å²) in [5, 5.41) is 13.7. The van der Waals surface area contributed by atoms with Gasteiger partial charge in [-0.05, 0) is 53.6 Å². The van der Waals surface area contributed by atoms with Gasteiger partial charge < -0.3 is 24.6 Å². The van der Waals surface area contributed by atoms with Gasteiger partial charge >= 0.3 is 12.1 Å². The Morgan fingerprint density at radius 2 is 2.03 bits per heavy atom. The molecule has 1 saturated heterocycles.